The van der Waals surface area contributed by atoms with Crippen molar-refractivity contribution in [1.82, 2.24) is 25.1 Å². The molecule has 1 aromatic heterocycles. The highest BCUT2D eigenvalue weighted by Crippen LogP contribution is 2.22. The van der Waals surface area contributed by atoms with Crippen LogP contribution in [-0.4, -0.2) is 59.0 Å². The molecule has 1 unspecified atom stereocenters. The van der Waals surface area contributed by atoms with E-state index < -0.39 is 0 Å². The Balaban J connectivity index is 0.00000320. The summed E-state index contributed by atoms with van der Waals surface area (Å²) < 4.78 is 1.97. The number of piperazine rings is 1. The summed E-state index contributed by atoms with van der Waals surface area (Å²) in [6, 6.07) is 4.09. The molecule has 30 heavy (non-hydrogen) atoms. The lowest BCUT2D eigenvalue weighted by atomic mass is 10.1. The van der Waals surface area contributed by atoms with Crippen molar-refractivity contribution in [3.05, 3.63) is 47.0 Å². The van der Waals surface area contributed by atoms with E-state index in [1.54, 1.807) is 6.20 Å². The average molecular weight is 435 g/mol. The number of benzene rings is 1. The Morgan fingerprint density at radius 3 is 2.53 bits per heavy atom. The van der Waals surface area contributed by atoms with Gasteiger partial charge in [-0.2, -0.15) is 0 Å². The molecule has 1 fully saturated rings. The van der Waals surface area contributed by atoms with Crippen LogP contribution in [0.15, 0.2) is 24.5 Å². The Bertz CT molecular complexity index is 874. The quantitative estimate of drug-likeness (QED) is 0.640. The van der Waals surface area contributed by atoms with E-state index >= 15 is 0 Å². The maximum absolute atomic E-state index is 12.5. The minimum absolute atomic E-state index is 0. The number of anilines is 1. The van der Waals surface area contributed by atoms with Gasteiger partial charge in [-0.1, -0.05) is 17.7 Å². The zero-order valence-electron chi connectivity index (χ0n) is 18.0. The van der Waals surface area contributed by atoms with Gasteiger partial charge in [0.25, 0.3) is 0 Å². The molecule has 2 aromatic rings. The van der Waals surface area contributed by atoms with E-state index in [4.69, 9.17) is 0 Å². The average Bonchev–Trinajstić information content (AvgIpc) is 3.09. The second-order valence-corrected chi connectivity index (χ2v) is 7.69. The molecule has 8 nitrogen and oxygen atoms in total. The number of aromatic nitrogens is 2. The normalized spacial score (nSPS) is 16.6. The molecular formula is C21H31ClN6O2. The molecule has 3 N–H and O–H groups in total. The summed E-state index contributed by atoms with van der Waals surface area (Å²) in [6.45, 7) is 8.46. The summed E-state index contributed by atoms with van der Waals surface area (Å²) >= 11 is 0. The van der Waals surface area contributed by atoms with Gasteiger partial charge in [-0.05, 0) is 31.9 Å². The van der Waals surface area contributed by atoms with Gasteiger partial charge in [0, 0.05) is 44.8 Å². The number of aryl methyl sites for hydroxylation is 4. The summed E-state index contributed by atoms with van der Waals surface area (Å²) in [5.74, 6) is 0.529. The highest BCUT2D eigenvalue weighted by Gasteiger charge is 2.28. The third-order valence-electron chi connectivity index (χ3n) is 5.25. The van der Waals surface area contributed by atoms with Crippen LogP contribution in [0.1, 0.15) is 28.6 Å². The van der Waals surface area contributed by atoms with E-state index in [0.717, 1.165) is 47.8 Å². The Labute approximate surface area is 183 Å². The molecule has 0 aliphatic carbocycles. The smallest absolute Gasteiger partial charge is 0.243 e. The first-order chi connectivity index (χ1) is 13.8. The second kappa shape index (κ2) is 10.6. The summed E-state index contributed by atoms with van der Waals surface area (Å²) in [5.41, 5.74) is 4.00. The Hall–Kier alpha value is -2.42. The largest absolute Gasteiger partial charge is 0.346 e. The van der Waals surface area contributed by atoms with Crippen molar-refractivity contribution in [2.24, 2.45) is 7.05 Å². The van der Waals surface area contributed by atoms with Crippen LogP contribution in [0.25, 0.3) is 0 Å². The van der Waals surface area contributed by atoms with E-state index in [2.05, 4.69) is 25.8 Å². The number of rotatable bonds is 6. The molecule has 2 amide bonds. The Kier molecular flexibility index (Phi) is 8.40. The fourth-order valence-corrected chi connectivity index (χ4v) is 3.87. The summed E-state index contributed by atoms with van der Waals surface area (Å²) in [6.07, 6.45) is 3.67. The highest BCUT2D eigenvalue weighted by molar-refractivity contribution is 5.96. The van der Waals surface area contributed by atoms with E-state index in [-0.39, 0.29) is 43.4 Å². The maximum atomic E-state index is 12.5. The predicted molar refractivity (Wildman–Crippen MR) is 120 cm³/mol. The van der Waals surface area contributed by atoms with Gasteiger partial charge in [-0.25, -0.2) is 4.98 Å². The molecule has 1 aliphatic heterocycles. The van der Waals surface area contributed by atoms with Gasteiger partial charge >= 0.3 is 0 Å². The number of hydrogen-bond donors (Lipinski definition) is 3. The minimum Gasteiger partial charge on any atom is -0.346 e. The standard InChI is InChI=1S/C21H30N6O2.ClH/c1-14-9-15(2)20(16(3)10-14)25-18(28)12-24-19(29)13-27-8-5-22-11-17(27)21-23-6-7-26(21)4;/h6-7,9-10,17,22H,5,8,11-13H2,1-4H3,(H,24,29)(H,25,28);1H. The molecule has 3 rings (SSSR count). The molecule has 0 saturated carbocycles. The zero-order valence-corrected chi connectivity index (χ0v) is 18.8. The van der Waals surface area contributed by atoms with Gasteiger partial charge in [0.05, 0.1) is 19.1 Å². The van der Waals surface area contributed by atoms with Crippen LogP contribution in [0.5, 0.6) is 0 Å². The van der Waals surface area contributed by atoms with E-state index in [1.165, 1.54) is 0 Å². The minimum atomic E-state index is -0.227. The van der Waals surface area contributed by atoms with Crippen LogP contribution < -0.4 is 16.0 Å². The number of nitrogens with one attached hydrogen (secondary N) is 3. The summed E-state index contributed by atoms with van der Waals surface area (Å²) in [7, 11) is 1.95. The molecule has 1 atom stereocenters. The van der Waals surface area contributed by atoms with Crippen LogP contribution in [-0.2, 0) is 16.6 Å². The number of halogens is 1. The first kappa shape index (κ1) is 23.9. The van der Waals surface area contributed by atoms with Crippen LogP contribution in [0, 0.1) is 20.8 Å². The molecule has 2 heterocycles. The van der Waals surface area contributed by atoms with Crippen molar-refractivity contribution in [2.45, 2.75) is 26.8 Å². The lowest BCUT2D eigenvalue weighted by Crippen LogP contribution is -2.50. The van der Waals surface area contributed by atoms with Gasteiger partial charge in [0.1, 0.15) is 5.82 Å². The number of carbonyl (C=O) groups excluding carboxylic acids is 2. The lowest BCUT2D eigenvalue weighted by Gasteiger charge is -2.35. The number of carbonyl (C=O) groups is 2. The first-order valence-electron chi connectivity index (χ1n) is 9.91. The van der Waals surface area contributed by atoms with Gasteiger partial charge in [0.2, 0.25) is 11.8 Å². The Morgan fingerprint density at radius 1 is 1.20 bits per heavy atom. The topological polar surface area (TPSA) is 91.3 Å². The van der Waals surface area contributed by atoms with Crippen molar-refractivity contribution < 1.29 is 9.59 Å². The van der Waals surface area contributed by atoms with Crippen molar-refractivity contribution >= 4 is 29.9 Å². The maximum Gasteiger partial charge on any atom is 0.243 e. The Morgan fingerprint density at radius 2 is 1.90 bits per heavy atom. The zero-order chi connectivity index (χ0) is 21.0. The monoisotopic (exact) mass is 434 g/mol. The van der Waals surface area contributed by atoms with Crippen LogP contribution in [0.2, 0.25) is 0 Å². The fourth-order valence-electron chi connectivity index (χ4n) is 3.87. The van der Waals surface area contributed by atoms with E-state index in [1.807, 2.05) is 50.7 Å². The van der Waals surface area contributed by atoms with Crippen molar-refractivity contribution in [3.8, 4) is 0 Å². The van der Waals surface area contributed by atoms with Gasteiger partial charge < -0.3 is 20.5 Å². The third-order valence-corrected chi connectivity index (χ3v) is 5.25. The first-order valence-corrected chi connectivity index (χ1v) is 9.91. The van der Waals surface area contributed by atoms with Crippen LogP contribution in [0.3, 0.4) is 0 Å². The van der Waals surface area contributed by atoms with Crippen molar-refractivity contribution in [2.75, 3.05) is 38.0 Å². The van der Waals surface area contributed by atoms with Crippen molar-refractivity contribution in [1.29, 1.82) is 0 Å². The van der Waals surface area contributed by atoms with Gasteiger partial charge in [-0.3, -0.25) is 14.5 Å². The van der Waals surface area contributed by atoms with Gasteiger partial charge in [0.15, 0.2) is 0 Å². The lowest BCUT2D eigenvalue weighted by molar-refractivity contribution is -0.125. The molecule has 0 spiro atoms. The van der Waals surface area contributed by atoms with E-state index in [0.29, 0.717) is 0 Å². The van der Waals surface area contributed by atoms with Crippen LogP contribution in [0.4, 0.5) is 5.69 Å². The second-order valence-electron chi connectivity index (χ2n) is 7.69. The molecule has 164 valence electrons. The number of nitrogens with zero attached hydrogens (tertiary/aromatic N) is 3. The number of hydrogen-bond acceptors (Lipinski definition) is 5. The molecule has 1 aromatic carbocycles. The molecule has 0 bridgehead atoms. The predicted octanol–water partition coefficient (Wildman–Crippen LogP) is 1.47. The molecule has 0 radical (unpaired) electrons. The number of amides is 2. The number of imidazole rings is 1. The highest BCUT2D eigenvalue weighted by atomic mass is 35.5. The molecule has 1 saturated heterocycles. The van der Waals surface area contributed by atoms with Crippen LogP contribution >= 0.6 is 12.4 Å². The van der Waals surface area contributed by atoms with Crippen molar-refractivity contribution in [3.63, 3.8) is 0 Å². The molecular weight excluding hydrogens is 404 g/mol. The van der Waals surface area contributed by atoms with Gasteiger partial charge in [-0.15, -0.1) is 12.4 Å². The molecule has 1 aliphatic rings. The van der Waals surface area contributed by atoms with E-state index in [9.17, 15) is 9.59 Å². The summed E-state index contributed by atoms with van der Waals surface area (Å²) in [4.78, 5) is 31.3. The third kappa shape index (κ3) is 5.81. The molecule has 9 heteroatoms. The summed E-state index contributed by atoms with van der Waals surface area (Å²) in [5, 5.41) is 9.01. The SMILES string of the molecule is Cc1cc(C)c(NC(=O)CNC(=O)CN2CCNCC2c2nccn2C)c(C)c1.Cl. The fraction of sp³-hybridized carbons (Fsp3) is 0.476.